The molecule has 0 spiro atoms. The van der Waals surface area contributed by atoms with Crippen molar-refractivity contribution in [2.75, 3.05) is 6.54 Å². The number of carbonyl (C=O) groups is 1. The van der Waals surface area contributed by atoms with E-state index >= 15 is 0 Å². The number of hydrogen-bond acceptors (Lipinski definition) is 3. The van der Waals surface area contributed by atoms with Crippen molar-refractivity contribution >= 4 is 6.09 Å². The molecule has 0 bridgehead atoms. The van der Waals surface area contributed by atoms with Gasteiger partial charge in [-0.3, -0.25) is 9.88 Å². The fraction of sp³-hybridized carbons (Fsp3) is 0.308. The van der Waals surface area contributed by atoms with Gasteiger partial charge in [-0.25, -0.2) is 9.78 Å². The highest BCUT2D eigenvalue weighted by molar-refractivity contribution is 5.65. The molecule has 1 aliphatic heterocycles. The molecule has 6 heteroatoms. The van der Waals surface area contributed by atoms with E-state index in [1.807, 2.05) is 35.9 Å². The van der Waals surface area contributed by atoms with Crippen molar-refractivity contribution in [3.8, 4) is 11.4 Å². The molecule has 1 amide bonds. The van der Waals surface area contributed by atoms with Gasteiger partial charge in [-0.1, -0.05) is 6.07 Å². The highest BCUT2D eigenvalue weighted by Gasteiger charge is 2.22. The topological polar surface area (TPSA) is 71.2 Å². The molecule has 0 saturated heterocycles. The van der Waals surface area contributed by atoms with Gasteiger partial charge in [0.05, 0.1) is 12.2 Å². The molecular weight excluding hydrogens is 244 g/mol. The van der Waals surface area contributed by atoms with Gasteiger partial charge < -0.3 is 9.67 Å². The third kappa shape index (κ3) is 2.16. The Labute approximate surface area is 110 Å². The van der Waals surface area contributed by atoms with E-state index in [0.717, 1.165) is 22.9 Å². The SMILES string of the molecule is Cc1cccc(-c2cn3c(n2)CN(C(=O)O)CC3)n1. The van der Waals surface area contributed by atoms with Crippen LogP contribution >= 0.6 is 0 Å². The molecule has 6 nitrogen and oxygen atoms in total. The number of pyridine rings is 1. The van der Waals surface area contributed by atoms with Gasteiger partial charge in [0, 0.05) is 25.0 Å². The lowest BCUT2D eigenvalue weighted by atomic mass is 10.2. The number of carboxylic acid groups (broad SMARTS) is 1. The highest BCUT2D eigenvalue weighted by atomic mass is 16.4. The lowest BCUT2D eigenvalue weighted by Crippen LogP contribution is -2.37. The van der Waals surface area contributed by atoms with Gasteiger partial charge in [-0.15, -0.1) is 0 Å². The molecule has 19 heavy (non-hydrogen) atoms. The van der Waals surface area contributed by atoms with Crippen molar-refractivity contribution in [3.05, 3.63) is 35.9 Å². The van der Waals surface area contributed by atoms with Crippen LogP contribution in [0.4, 0.5) is 4.79 Å². The van der Waals surface area contributed by atoms with E-state index in [4.69, 9.17) is 5.11 Å². The van der Waals surface area contributed by atoms with E-state index in [2.05, 4.69) is 9.97 Å². The predicted molar refractivity (Wildman–Crippen MR) is 68.6 cm³/mol. The fourth-order valence-electron chi connectivity index (χ4n) is 2.22. The third-order valence-corrected chi connectivity index (χ3v) is 3.22. The Hall–Kier alpha value is -2.37. The van der Waals surface area contributed by atoms with Crippen LogP contribution in [-0.2, 0) is 13.1 Å². The fourth-order valence-corrected chi connectivity index (χ4v) is 2.22. The molecule has 0 aliphatic carbocycles. The molecule has 0 saturated carbocycles. The van der Waals surface area contributed by atoms with Crippen LogP contribution in [0.3, 0.4) is 0 Å². The van der Waals surface area contributed by atoms with Crippen LogP contribution < -0.4 is 0 Å². The summed E-state index contributed by atoms with van der Waals surface area (Å²) in [5, 5.41) is 9.00. The van der Waals surface area contributed by atoms with Gasteiger partial charge in [-0.05, 0) is 19.1 Å². The summed E-state index contributed by atoms with van der Waals surface area (Å²) in [6, 6.07) is 5.79. The van der Waals surface area contributed by atoms with Gasteiger partial charge in [0.2, 0.25) is 0 Å². The Bertz CT molecular complexity index is 635. The first-order chi connectivity index (χ1) is 9.13. The third-order valence-electron chi connectivity index (χ3n) is 3.22. The summed E-state index contributed by atoms with van der Waals surface area (Å²) >= 11 is 0. The summed E-state index contributed by atoms with van der Waals surface area (Å²) in [7, 11) is 0. The minimum absolute atomic E-state index is 0.334. The van der Waals surface area contributed by atoms with E-state index in [1.54, 1.807) is 0 Å². The number of fused-ring (bicyclic) bond motifs is 1. The molecule has 1 aliphatic rings. The summed E-state index contributed by atoms with van der Waals surface area (Å²) < 4.78 is 2.00. The molecular formula is C13H14N4O2. The van der Waals surface area contributed by atoms with Crippen molar-refractivity contribution in [2.45, 2.75) is 20.0 Å². The Morgan fingerprint density at radius 3 is 2.84 bits per heavy atom. The molecule has 0 atom stereocenters. The summed E-state index contributed by atoms with van der Waals surface area (Å²) in [6.45, 7) is 3.41. The summed E-state index contributed by atoms with van der Waals surface area (Å²) in [5.74, 6) is 0.770. The van der Waals surface area contributed by atoms with Crippen molar-refractivity contribution in [3.63, 3.8) is 0 Å². The number of aromatic nitrogens is 3. The van der Waals surface area contributed by atoms with Crippen molar-refractivity contribution in [2.24, 2.45) is 0 Å². The van der Waals surface area contributed by atoms with Crippen LogP contribution in [-0.4, -0.2) is 37.2 Å². The molecule has 0 radical (unpaired) electrons. The van der Waals surface area contributed by atoms with E-state index in [0.29, 0.717) is 19.6 Å². The number of amides is 1. The average Bonchev–Trinajstić information content (AvgIpc) is 2.81. The van der Waals surface area contributed by atoms with Crippen molar-refractivity contribution in [1.29, 1.82) is 0 Å². The maximum absolute atomic E-state index is 11.0. The van der Waals surface area contributed by atoms with Gasteiger partial charge in [0.25, 0.3) is 0 Å². The maximum atomic E-state index is 11.0. The zero-order valence-electron chi connectivity index (χ0n) is 10.6. The number of rotatable bonds is 1. The molecule has 1 N–H and O–H groups in total. The van der Waals surface area contributed by atoms with E-state index in [9.17, 15) is 4.79 Å². The Morgan fingerprint density at radius 2 is 2.11 bits per heavy atom. The Kier molecular flexibility index (Phi) is 2.70. The van der Waals surface area contributed by atoms with Crippen molar-refractivity contribution in [1.82, 2.24) is 19.4 Å². The number of hydrogen-bond donors (Lipinski definition) is 1. The molecule has 98 valence electrons. The predicted octanol–water partition coefficient (Wildman–Crippen LogP) is 1.75. The zero-order valence-corrected chi connectivity index (χ0v) is 10.6. The molecule has 0 unspecified atom stereocenters. The second kappa shape index (κ2) is 4.38. The van der Waals surface area contributed by atoms with E-state index < -0.39 is 6.09 Å². The number of aryl methyl sites for hydroxylation is 1. The Morgan fingerprint density at radius 1 is 1.26 bits per heavy atom. The molecule has 2 aromatic heterocycles. The van der Waals surface area contributed by atoms with Gasteiger partial charge in [0.1, 0.15) is 11.5 Å². The second-order valence-electron chi connectivity index (χ2n) is 4.60. The minimum Gasteiger partial charge on any atom is -0.465 e. The lowest BCUT2D eigenvalue weighted by molar-refractivity contribution is 0.131. The smallest absolute Gasteiger partial charge is 0.407 e. The maximum Gasteiger partial charge on any atom is 0.407 e. The first-order valence-electron chi connectivity index (χ1n) is 6.11. The van der Waals surface area contributed by atoms with Gasteiger partial charge in [-0.2, -0.15) is 0 Å². The summed E-state index contributed by atoms with van der Waals surface area (Å²) in [4.78, 5) is 21.3. The largest absolute Gasteiger partial charge is 0.465 e. The van der Waals surface area contributed by atoms with Crippen LogP contribution in [0.1, 0.15) is 11.5 Å². The van der Waals surface area contributed by atoms with Crippen LogP contribution in [0.15, 0.2) is 24.4 Å². The quantitative estimate of drug-likeness (QED) is 0.845. The number of imidazole rings is 1. The van der Waals surface area contributed by atoms with Crippen LogP contribution in [0.25, 0.3) is 11.4 Å². The molecule has 2 aromatic rings. The second-order valence-corrected chi connectivity index (χ2v) is 4.60. The van der Waals surface area contributed by atoms with Crippen LogP contribution in [0.2, 0.25) is 0 Å². The van der Waals surface area contributed by atoms with Crippen molar-refractivity contribution < 1.29 is 9.90 Å². The van der Waals surface area contributed by atoms with Crippen LogP contribution in [0, 0.1) is 6.92 Å². The molecule has 0 fully saturated rings. The van der Waals surface area contributed by atoms with E-state index in [-0.39, 0.29) is 0 Å². The molecule has 0 aromatic carbocycles. The summed E-state index contributed by atoms with van der Waals surface area (Å²) in [6.07, 6.45) is 1.04. The van der Waals surface area contributed by atoms with Gasteiger partial charge >= 0.3 is 6.09 Å². The molecule has 3 rings (SSSR count). The monoisotopic (exact) mass is 258 g/mol. The van der Waals surface area contributed by atoms with Gasteiger partial charge in [0.15, 0.2) is 0 Å². The van der Waals surface area contributed by atoms with E-state index in [1.165, 1.54) is 4.90 Å². The number of nitrogens with zero attached hydrogens (tertiary/aromatic N) is 4. The first-order valence-corrected chi connectivity index (χ1v) is 6.11. The lowest BCUT2D eigenvalue weighted by Gasteiger charge is -2.24. The highest BCUT2D eigenvalue weighted by Crippen LogP contribution is 2.20. The summed E-state index contributed by atoms with van der Waals surface area (Å²) in [5.41, 5.74) is 2.56. The standard InChI is InChI=1S/C13H14N4O2/c1-9-3-2-4-10(14-9)11-7-16-5-6-17(13(18)19)8-12(16)15-11/h2-4,7H,5-6,8H2,1H3,(H,18,19). The normalized spacial score (nSPS) is 14.3. The first kappa shape index (κ1) is 11.7. The molecule has 3 heterocycles. The minimum atomic E-state index is -0.899. The van der Waals surface area contributed by atoms with Crippen LogP contribution in [0.5, 0.6) is 0 Å². The zero-order chi connectivity index (χ0) is 13.4. The average molecular weight is 258 g/mol. The Balaban J connectivity index is 1.93.